The summed E-state index contributed by atoms with van der Waals surface area (Å²) in [4.78, 5) is 28.9. The Labute approximate surface area is 145 Å². The van der Waals surface area contributed by atoms with Crippen LogP contribution in [0, 0.1) is 0 Å². The molecule has 0 saturated carbocycles. The summed E-state index contributed by atoms with van der Waals surface area (Å²) in [5.41, 5.74) is 1.20. The van der Waals surface area contributed by atoms with Gasteiger partial charge in [-0.1, -0.05) is 11.6 Å². The number of nitrogens with zero attached hydrogens (tertiary/aromatic N) is 5. The number of morpholine rings is 1. The number of anilines is 1. The average Bonchev–Trinajstić information content (AvgIpc) is 2.62. The van der Waals surface area contributed by atoms with Gasteiger partial charge in [-0.15, -0.1) is 0 Å². The Hall–Kier alpha value is -2.25. The first-order valence-corrected chi connectivity index (χ1v) is 7.94. The maximum Gasteiger partial charge on any atom is 0.255 e. The second-order valence-corrected chi connectivity index (χ2v) is 6.05. The highest BCUT2D eigenvalue weighted by Crippen LogP contribution is 2.24. The van der Waals surface area contributed by atoms with E-state index in [1.54, 1.807) is 23.4 Å². The Morgan fingerprint density at radius 2 is 2.21 bits per heavy atom. The molecule has 2 aromatic heterocycles. The van der Waals surface area contributed by atoms with Crippen molar-refractivity contribution in [2.45, 2.75) is 6.10 Å². The molecule has 1 aliphatic rings. The number of hydrogen-bond donors (Lipinski definition) is 0. The first-order valence-electron chi connectivity index (χ1n) is 7.57. The number of carbonyl (C=O) groups excluding carboxylic acids is 1. The van der Waals surface area contributed by atoms with E-state index in [1.807, 2.05) is 25.1 Å². The summed E-state index contributed by atoms with van der Waals surface area (Å²) in [6.45, 7) is 1.38. The van der Waals surface area contributed by atoms with E-state index in [1.165, 1.54) is 6.20 Å². The van der Waals surface area contributed by atoms with Crippen molar-refractivity contribution in [3.8, 4) is 0 Å². The highest BCUT2D eigenvalue weighted by molar-refractivity contribution is 6.33. The Kier molecular flexibility index (Phi) is 4.92. The molecule has 0 N–H and O–H groups in total. The summed E-state index contributed by atoms with van der Waals surface area (Å²) in [5, 5.41) is 0.350. The van der Waals surface area contributed by atoms with Crippen molar-refractivity contribution in [3.05, 3.63) is 47.0 Å². The van der Waals surface area contributed by atoms with Crippen molar-refractivity contribution >= 4 is 23.5 Å². The molecule has 1 fully saturated rings. The van der Waals surface area contributed by atoms with Crippen LogP contribution in [-0.4, -0.2) is 59.6 Å². The van der Waals surface area contributed by atoms with Crippen LogP contribution in [0.2, 0.25) is 5.02 Å². The van der Waals surface area contributed by atoms with Crippen LogP contribution in [0.25, 0.3) is 0 Å². The fourth-order valence-corrected chi connectivity index (χ4v) is 2.69. The lowest BCUT2D eigenvalue weighted by Crippen LogP contribution is -2.42. The molecule has 3 heterocycles. The van der Waals surface area contributed by atoms with Gasteiger partial charge in [0.05, 0.1) is 29.4 Å². The largest absolute Gasteiger partial charge is 0.368 e. The third-order valence-corrected chi connectivity index (χ3v) is 4.05. The average molecular weight is 348 g/mol. The van der Waals surface area contributed by atoms with E-state index in [4.69, 9.17) is 16.3 Å². The van der Waals surface area contributed by atoms with E-state index >= 15 is 0 Å². The number of hydrogen-bond acceptors (Lipinski definition) is 6. The van der Waals surface area contributed by atoms with Crippen LogP contribution in [0.5, 0.6) is 0 Å². The van der Waals surface area contributed by atoms with Crippen LogP contribution in [0.1, 0.15) is 22.2 Å². The molecule has 24 heavy (non-hydrogen) atoms. The minimum atomic E-state index is -0.287. The highest BCUT2D eigenvalue weighted by Gasteiger charge is 2.28. The summed E-state index contributed by atoms with van der Waals surface area (Å²) in [5.74, 6) is 0.481. The minimum absolute atomic E-state index is 0.127. The molecule has 1 amide bonds. The summed E-state index contributed by atoms with van der Waals surface area (Å²) < 4.78 is 5.80. The van der Waals surface area contributed by atoms with E-state index in [9.17, 15) is 4.79 Å². The standard InChI is InChI=1S/C16H18ClN5O2/c1-21(2)16-19-6-4-13(20-16)14-10-22(7-8-24-14)15(23)11-3-5-18-9-12(11)17/h3-6,9,14H,7-8,10H2,1-2H3/t14-/m0/s1. The number of ether oxygens (including phenoxy) is 1. The van der Waals surface area contributed by atoms with Gasteiger partial charge in [-0.05, 0) is 12.1 Å². The third kappa shape index (κ3) is 3.47. The topological polar surface area (TPSA) is 71.5 Å². The smallest absolute Gasteiger partial charge is 0.255 e. The molecule has 0 aromatic carbocycles. The van der Waals surface area contributed by atoms with Crippen molar-refractivity contribution in [1.29, 1.82) is 0 Å². The number of aromatic nitrogens is 3. The van der Waals surface area contributed by atoms with Gasteiger partial charge >= 0.3 is 0 Å². The van der Waals surface area contributed by atoms with Gasteiger partial charge in [-0.2, -0.15) is 0 Å². The van der Waals surface area contributed by atoms with Crippen molar-refractivity contribution in [3.63, 3.8) is 0 Å². The molecule has 0 spiro atoms. The van der Waals surface area contributed by atoms with Gasteiger partial charge in [0.1, 0.15) is 6.10 Å². The maximum absolute atomic E-state index is 12.7. The molecule has 0 aliphatic carbocycles. The molecular weight excluding hydrogens is 330 g/mol. The SMILES string of the molecule is CN(C)c1nccc([C@@H]2CN(C(=O)c3ccncc3Cl)CCO2)n1. The van der Waals surface area contributed by atoms with Crippen molar-refractivity contribution in [2.24, 2.45) is 0 Å². The lowest BCUT2D eigenvalue weighted by Gasteiger charge is -2.33. The molecule has 1 atom stereocenters. The van der Waals surface area contributed by atoms with E-state index < -0.39 is 0 Å². The molecule has 1 saturated heterocycles. The second kappa shape index (κ2) is 7.11. The zero-order valence-electron chi connectivity index (χ0n) is 13.5. The van der Waals surface area contributed by atoms with Gasteiger partial charge in [-0.3, -0.25) is 9.78 Å². The maximum atomic E-state index is 12.7. The van der Waals surface area contributed by atoms with Crippen LogP contribution in [0.4, 0.5) is 5.95 Å². The number of halogens is 1. The molecule has 3 rings (SSSR count). The molecule has 126 valence electrons. The van der Waals surface area contributed by atoms with E-state index in [2.05, 4.69) is 15.0 Å². The molecule has 0 radical (unpaired) electrons. The molecule has 8 heteroatoms. The van der Waals surface area contributed by atoms with Crippen molar-refractivity contribution < 1.29 is 9.53 Å². The highest BCUT2D eigenvalue weighted by atomic mass is 35.5. The van der Waals surface area contributed by atoms with E-state index in [0.717, 1.165) is 5.69 Å². The monoisotopic (exact) mass is 347 g/mol. The first kappa shape index (κ1) is 16.6. The van der Waals surface area contributed by atoms with Crippen LogP contribution in [-0.2, 0) is 4.74 Å². The molecule has 1 aliphatic heterocycles. The van der Waals surface area contributed by atoms with Gasteiger partial charge in [0, 0.05) is 39.2 Å². The van der Waals surface area contributed by atoms with Crippen LogP contribution >= 0.6 is 11.6 Å². The summed E-state index contributed by atoms with van der Waals surface area (Å²) in [6.07, 6.45) is 4.44. The van der Waals surface area contributed by atoms with E-state index in [-0.39, 0.29) is 12.0 Å². The van der Waals surface area contributed by atoms with Gasteiger partial charge in [0.15, 0.2) is 0 Å². The van der Waals surface area contributed by atoms with Crippen LogP contribution in [0.15, 0.2) is 30.7 Å². The number of amides is 1. The zero-order chi connectivity index (χ0) is 17.1. The minimum Gasteiger partial charge on any atom is -0.368 e. The summed E-state index contributed by atoms with van der Waals surface area (Å²) in [6, 6.07) is 3.44. The van der Waals surface area contributed by atoms with Gasteiger partial charge in [-0.25, -0.2) is 9.97 Å². The van der Waals surface area contributed by atoms with Crippen LogP contribution < -0.4 is 4.90 Å². The predicted molar refractivity (Wildman–Crippen MR) is 90.2 cm³/mol. The van der Waals surface area contributed by atoms with E-state index in [0.29, 0.717) is 36.2 Å². The fraction of sp³-hybridized carbons (Fsp3) is 0.375. The first-order chi connectivity index (χ1) is 11.6. The number of pyridine rings is 1. The van der Waals surface area contributed by atoms with Crippen LogP contribution in [0.3, 0.4) is 0 Å². The number of carbonyl (C=O) groups is 1. The predicted octanol–water partition coefficient (Wildman–Crippen LogP) is 1.80. The molecule has 7 nitrogen and oxygen atoms in total. The summed E-state index contributed by atoms with van der Waals surface area (Å²) in [7, 11) is 3.75. The zero-order valence-corrected chi connectivity index (χ0v) is 14.3. The Morgan fingerprint density at radius 3 is 2.96 bits per heavy atom. The molecule has 0 unspecified atom stereocenters. The van der Waals surface area contributed by atoms with Crippen molar-refractivity contribution in [2.75, 3.05) is 38.7 Å². The molecule has 0 bridgehead atoms. The second-order valence-electron chi connectivity index (χ2n) is 5.64. The lowest BCUT2D eigenvalue weighted by molar-refractivity contribution is -0.0247. The Morgan fingerprint density at radius 1 is 1.38 bits per heavy atom. The third-order valence-electron chi connectivity index (χ3n) is 3.75. The fourth-order valence-electron chi connectivity index (χ4n) is 2.49. The normalized spacial score (nSPS) is 17.6. The van der Waals surface area contributed by atoms with Gasteiger partial charge < -0.3 is 14.5 Å². The molecule has 2 aromatic rings. The quantitative estimate of drug-likeness (QED) is 0.843. The Bertz CT molecular complexity index is 740. The summed E-state index contributed by atoms with van der Waals surface area (Å²) >= 11 is 6.08. The number of rotatable bonds is 3. The van der Waals surface area contributed by atoms with Gasteiger partial charge in [0.2, 0.25) is 5.95 Å². The Balaban J connectivity index is 1.78. The van der Waals surface area contributed by atoms with Gasteiger partial charge in [0.25, 0.3) is 5.91 Å². The van der Waals surface area contributed by atoms with Crippen molar-refractivity contribution in [1.82, 2.24) is 19.9 Å². The molecular formula is C16H18ClN5O2. The lowest BCUT2D eigenvalue weighted by atomic mass is 10.1.